The van der Waals surface area contributed by atoms with Gasteiger partial charge in [0.25, 0.3) is 0 Å². The highest BCUT2D eigenvalue weighted by Gasteiger charge is 2.18. The zero-order valence-electron chi connectivity index (χ0n) is 6.43. The standard InChI is InChI=1S/C6H14NOP/c1-5(8)7(4)6(2,3)9/h9H2,1-4H3. The van der Waals surface area contributed by atoms with Crippen molar-refractivity contribution < 1.29 is 4.79 Å². The number of hydrogen-bond donors (Lipinski definition) is 0. The molecule has 1 unspecified atom stereocenters. The lowest BCUT2D eigenvalue weighted by Crippen LogP contribution is -2.38. The fourth-order valence-electron chi connectivity index (χ4n) is 0.406. The van der Waals surface area contributed by atoms with E-state index in [9.17, 15) is 4.79 Å². The molecule has 0 aromatic heterocycles. The summed E-state index contributed by atoms with van der Waals surface area (Å²) in [5.41, 5.74) is 0. The van der Waals surface area contributed by atoms with E-state index in [-0.39, 0.29) is 11.2 Å². The first kappa shape index (κ1) is 8.90. The molecular weight excluding hydrogens is 133 g/mol. The number of amides is 1. The molecular formula is C6H14NOP. The molecule has 9 heavy (non-hydrogen) atoms. The maximum atomic E-state index is 10.7. The molecule has 2 nitrogen and oxygen atoms in total. The molecule has 0 rings (SSSR count). The van der Waals surface area contributed by atoms with E-state index in [1.165, 1.54) is 0 Å². The van der Waals surface area contributed by atoms with Gasteiger partial charge < -0.3 is 4.90 Å². The van der Waals surface area contributed by atoms with Gasteiger partial charge >= 0.3 is 0 Å². The maximum Gasteiger partial charge on any atom is 0.219 e. The molecule has 0 aromatic carbocycles. The average molecular weight is 147 g/mol. The zero-order valence-corrected chi connectivity index (χ0v) is 7.59. The normalized spacial score (nSPS) is 11.2. The van der Waals surface area contributed by atoms with Crippen LogP contribution in [0.25, 0.3) is 0 Å². The van der Waals surface area contributed by atoms with Crippen LogP contribution in [0.4, 0.5) is 0 Å². The number of carbonyl (C=O) groups is 1. The fourth-order valence-corrected chi connectivity index (χ4v) is 0.588. The smallest absolute Gasteiger partial charge is 0.219 e. The van der Waals surface area contributed by atoms with E-state index in [0.717, 1.165) is 0 Å². The molecule has 0 saturated carbocycles. The Kier molecular flexibility index (Phi) is 2.63. The highest BCUT2D eigenvalue weighted by atomic mass is 31.0. The first-order valence-electron chi connectivity index (χ1n) is 2.89. The Labute approximate surface area is 58.8 Å². The first-order valence-corrected chi connectivity index (χ1v) is 3.46. The second-order valence-electron chi connectivity index (χ2n) is 2.73. The minimum absolute atomic E-state index is 0.0926. The SMILES string of the molecule is CC(=O)N(C)C(C)(C)P. The van der Waals surface area contributed by atoms with E-state index < -0.39 is 0 Å². The molecule has 0 saturated heterocycles. The summed E-state index contributed by atoms with van der Waals surface area (Å²) in [4.78, 5) is 12.4. The van der Waals surface area contributed by atoms with Crippen molar-refractivity contribution in [1.82, 2.24) is 4.90 Å². The van der Waals surface area contributed by atoms with E-state index >= 15 is 0 Å². The van der Waals surface area contributed by atoms with Crippen LogP contribution in [0.1, 0.15) is 20.8 Å². The molecule has 1 amide bonds. The van der Waals surface area contributed by atoms with E-state index in [0.29, 0.717) is 0 Å². The minimum atomic E-state index is -0.119. The van der Waals surface area contributed by atoms with Crippen LogP contribution in [0.15, 0.2) is 0 Å². The first-order chi connectivity index (χ1) is 3.85. The Morgan fingerprint density at radius 2 is 1.89 bits per heavy atom. The van der Waals surface area contributed by atoms with Crippen LogP contribution in [0.2, 0.25) is 0 Å². The molecule has 0 spiro atoms. The topological polar surface area (TPSA) is 20.3 Å². The minimum Gasteiger partial charge on any atom is -0.338 e. The van der Waals surface area contributed by atoms with Gasteiger partial charge in [-0.3, -0.25) is 4.79 Å². The molecule has 0 aliphatic carbocycles. The van der Waals surface area contributed by atoms with Crippen molar-refractivity contribution in [2.45, 2.75) is 26.1 Å². The lowest BCUT2D eigenvalue weighted by molar-refractivity contribution is -0.129. The summed E-state index contributed by atoms with van der Waals surface area (Å²) in [6, 6.07) is 0. The third-order valence-electron chi connectivity index (χ3n) is 1.34. The van der Waals surface area contributed by atoms with Crippen molar-refractivity contribution in [2.75, 3.05) is 7.05 Å². The molecule has 54 valence electrons. The molecule has 3 heteroatoms. The summed E-state index contributed by atoms with van der Waals surface area (Å²) in [6.45, 7) is 5.50. The predicted molar refractivity (Wildman–Crippen MR) is 42.2 cm³/mol. The molecule has 0 aliphatic rings. The average Bonchev–Trinajstić information content (AvgIpc) is 1.62. The van der Waals surface area contributed by atoms with E-state index in [1.807, 2.05) is 13.8 Å². The van der Waals surface area contributed by atoms with Gasteiger partial charge in [0.1, 0.15) is 0 Å². The Hall–Kier alpha value is -0.100. The second-order valence-corrected chi connectivity index (χ2v) is 4.14. The Morgan fingerprint density at radius 3 is 1.89 bits per heavy atom. The third-order valence-corrected chi connectivity index (χ3v) is 1.72. The third kappa shape index (κ3) is 2.81. The summed E-state index contributed by atoms with van der Waals surface area (Å²) in [5, 5.41) is -0.119. The molecule has 0 bridgehead atoms. The Balaban J connectivity index is 4.04. The van der Waals surface area contributed by atoms with Crippen LogP contribution in [0.5, 0.6) is 0 Å². The van der Waals surface area contributed by atoms with Crippen molar-refractivity contribution in [1.29, 1.82) is 0 Å². The summed E-state index contributed by atoms with van der Waals surface area (Å²) in [6.07, 6.45) is 0. The van der Waals surface area contributed by atoms with Crippen molar-refractivity contribution in [3.8, 4) is 0 Å². The molecule has 1 atom stereocenters. The van der Waals surface area contributed by atoms with Crippen molar-refractivity contribution in [3.63, 3.8) is 0 Å². The van der Waals surface area contributed by atoms with Crippen LogP contribution in [-0.2, 0) is 4.79 Å². The molecule has 0 fully saturated rings. The van der Waals surface area contributed by atoms with Crippen molar-refractivity contribution >= 4 is 15.1 Å². The van der Waals surface area contributed by atoms with Gasteiger partial charge in [-0.1, -0.05) is 0 Å². The number of rotatable bonds is 1. The highest BCUT2D eigenvalue weighted by molar-refractivity contribution is 7.18. The predicted octanol–water partition coefficient (Wildman–Crippen LogP) is 1.08. The van der Waals surface area contributed by atoms with Gasteiger partial charge in [-0.05, 0) is 13.8 Å². The van der Waals surface area contributed by atoms with E-state index in [1.54, 1.807) is 18.9 Å². The van der Waals surface area contributed by atoms with E-state index in [2.05, 4.69) is 9.24 Å². The largest absolute Gasteiger partial charge is 0.338 e. The van der Waals surface area contributed by atoms with Gasteiger partial charge in [0.05, 0.1) is 5.28 Å². The maximum absolute atomic E-state index is 10.7. The van der Waals surface area contributed by atoms with Gasteiger partial charge in [0.2, 0.25) is 5.91 Å². The van der Waals surface area contributed by atoms with Crippen LogP contribution < -0.4 is 0 Å². The lowest BCUT2D eigenvalue weighted by atomic mass is 10.3. The van der Waals surface area contributed by atoms with Gasteiger partial charge in [0, 0.05) is 14.0 Å². The van der Waals surface area contributed by atoms with Gasteiger partial charge in [-0.25, -0.2) is 0 Å². The second kappa shape index (κ2) is 2.66. The van der Waals surface area contributed by atoms with E-state index in [4.69, 9.17) is 0 Å². The summed E-state index contributed by atoms with van der Waals surface area (Å²) in [5.74, 6) is 0.0926. The number of carbonyl (C=O) groups excluding carboxylic acids is 1. The van der Waals surface area contributed by atoms with Crippen LogP contribution in [0.3, 0.4) is 0 Å². The summed E-state index contributed by atoms with van der Waals surface area (Å²) < 4.78 is 0. The lowest BCUT2D eigenvalue weighted by Gasteiger charge is -2.30. The summed E-state index contributed by atoms with van der Waals surface area (Å²) >= 11 is 0. The summed E-state index contributed by atoms with van der Waals surface area (Å²) in [7, 11) is 4.39. The van der Waals surface area contributed by atoms with Gasteiger partial charge in [-0.2, -0.15) is 0 Å². The highest BCUT2D eigenvalue weighted by Crippen LogP contribution is 2.19. The monoisotopic (exact) mass is 147 g/mol. The Bertz CT molecular complexity index is 117. The van der Waals surface area contributed by atoms with Crippen molar-refractivity contribution in [3.05, 3.63) is 0 Å². The molecule has 0 radical (unpaired) electrons. The van der Waals surface area contributed by atoms with Crippen LogP contribution >= 0.6 is 9.24 Å². The fraction of sp³-hybridized carbons (Fsp3) is 0.833. The van der Waals surface area contributed by atoms with Crippen LogP contribution in [-0.4, -0.2) is 23.1 Å². The Morgan fingerprint density at radius 1 is 1.56 bits per heavy atom. The number of hydrogen-bond acceptors (Lipinski definition) is 1. The van der Waals surface area contributed by atoms with Gasteiger partial charge in [0.15, 0.2) is 0 Å². The molecule has 0 heterocycles. The molecule has 0 aromatic rings. The molecule has 0 N–H and O–H groups in total. The zero-order chi connectivity index (χ0) is 7.65. The van der Waals surface area contributed by atoms with Crippen molar-refractivity contribution in [2.24, 2.45) is 0 Å². The van der Waals surface area contributed by atoms with Crippen LogP contribution in [0, 0.1) is 0 Å². The quantitative estimate of drug-likeness (QED) is 0.508. The molecule has 0 aliphatic heterocycles. The number of nitrogens with zero attached hydrogens (tertiary/aromatic N) is 1. The van der Waals surface area contributed by atoms with Gasteiger partial charge in [-0.15, -0.1) is 9.24 Å².